The molecule has 1 N–H and O–H groups in total. The second-order valence-corrected chi connectivity index (χ2v) is 10.1. The van der Waals surface area contributed by atoms with E-state index in [1.165, 1.54) is 43.2 Å². The number of nitrogens with zero attached hydrogens (tertiary/aromatic N) is 1. The van der Waals surface area contributed by atoms with E-state index in [0.29, 0.717) is 16.7 Å². The summed E-state index contributed by atoms with van der Waals surface area (Å²) in [5.74, 6) is 1.37. The Kier molecular flexibility index (Phi) is 6.75. The van der Waals surface area contributed by atoms with E-state index in [-0.39, 0.29) is 12.4 Å². The Morgan fingerprint density at radius 1 is 1.17 bits per heavy atom. The van der Waals surface area contributed by atoms with Crippen LogP contribution in [0.25, 0.3) is 0 Å². The van der Waals surface area contributed by atoms with E-state index < -0.39 is 0 Å². The quantitative estimate of drug-likeness (QED) is 0.612. The zero-order valence-electron chi connectivity index (χ0n) is 18.5. The van der Waals surface area contributed by atoms with E-state index in [4.69, 9.17) is 0 Å². The fraction of sp³-hybridized carbons (Fsp3) is 0.577. The molecule has 0 bridgehead atoms. The van der Waals surface area contributed by atoms with Gasteiger partial charge in [0, 0.05) is 25.5 Å². The van der Waals surface area contributed by atoms with Crippen LogP contribution in [0.15, 0.2) is 42.7 Å². The maximum Gasteiger partial charge on any atom is 0.0312 e. The van der Waals surface area contributed by atoms with Crippen LogP contribution in [0.5, 0.6) is 0 Å². The lowest BCUT2D eigenvalue weighted by molar-refractivity contribution is 0.0257. The van der Waals surface area contributed by atoms with Gasteiger partial charge >= 0.3 is 0 Å². The molecule has 0 amide bonds. The molecule has 3 heteroatoms. The van der Waals surface area contributed by atoms with Gasteiger partial charge in [-0.2, -0.15) is 0 Å². The van der Waals surface area contributed by atoms with Crippen LogP contribution in [-0.4, -0.2) is 11.5 Å². The first-order chi connectivity index (χ1) is 13.4. The predicted molar refractivity (Wildman–Crippen MR) is 125 cm³/mol. The Labute approximate surface area is 183 Å². The van der Waals surface area contributed by atoms with Crippen molar-refractivity contribution in [2.24, 2.45) is 11.3 Å². The number of halogens is 1. The molecule has 2 aliphatic rings. The smallest absolute Gasteiger partial charge is 0.0312 e. The summed E-state index contributed by atoms with van der Waals surface area (Å²) in [5.41, 5.74) is 6.73. The molecule has 0 spiro atoms. The molecular weight excluding hydrogens is 376 g/mol. The maximum atomic E-state index is 4.25. The van der Waals surface area contributed by atoms with Crippen molar-refractivity contribution in [1.29, 1.82) is 0 Å². The lowest BCUT2D eigenvalue weighted by Crippen LogP contribution is -2.52. The first kappa shape index (κ1) is 22.3. The average Bonchev–Trinajstić information content (AvgIpc) is 2.68. The number of fused-ring (bicyclic) bond motifs is 3. The molecule has 3 atom stereocenters. The van der Waals surface area contributed by atoms with Gasteiger partial charge in [0.15, 0.2) is 0 Å². The van der Waals surface area contributed by atoms with Crippen LogP contribution in [0, 0.1) is 11.3 Å². The predicted octanol–water partition coefficient (Wildman–Crippen LogP) is 6.43. The van der Waals surface area contributed by atoms with Gasteiger partial charge < -0.3 is 5.32 Å². The Balaban J connectivity index is 0.00000240. The Morgan fingerprint density at radius 3 is 2.72 bits per heavy atom. The molecule has 2 nitrogen and oxygen atoms in total. The number of hydrogen-bond donors (Lipinski definition) is 1. The Bertz CT molecular complexity index is 819. The highest BCUT2D eigenvalue weighted by molar-refractivity contribution is 5.85. The van der Waals surface area contributed by atoms with Gasteiger partial charge in [-0.25, -0.2) is 0 Å². The van der Waals surface area contributed by atoms with Crippen molar-refractivity contribution in [2.45, 2.75) is 77.7 Å². The van der Waals surface area contributed by atoms with Crippen LogP contribution >= 0.6 is 12.4 Å². The molecular formula is C26H37ClN2. The van der Waals surface area contributed by atoms with Crippen molar-refractivity contribution in [3.05, 3.63) is 65.0 Å². The average molecular weight is 413 g/mol. The topological polar surface area (TPSA) is 24.9 Å². The second kappa shape index (κ2) is 8.78. The highest BCUT2D eigenvalue weighted by Crippen LogP contribution is 2.57. The Morgan fingerprint density at radius 2 is 2.00 bits per heavy atom. The molecule has 3 unspecified atom stereocenters. The van der Waals surface area contributed by atoms with Gasteiger partial charge in [0.25, 0.3) is 0 Å². The van der Waals surface area contributed by atoms with Gasteiger partial charge in [0.05, 0.1) is 0 Å². The third-order valence-electron chi connectivity index (χ3n) is 7.75. The fourth-order valence-electron chi connectivity index (χ4n) is 6.21. The van der Waals surface area contributed by atoms with Gasteiger partial charge in [-0.15, -0.1) is 12.4 Å². The van der Waals surface area contributed by atoms with Gasteiger partial charge in [-0.05, 0) is 76.7 Å². The van der Waals surface area contributed by atoms with Crippen molar-refractivity contribution >= 4 is 12.4 Å². The van der Waals surface area contributed by atoms with Crippen molar-refractivity contribution in [1.82, 2.24) is 10.3 Å². The lowest BCUT2D eigenvalue weighted by atomic mass is 9.49. The van der Waals surface area contributed by atoms with Crippen LogP contribution in [-0.2, 0) is 18.4 Å². The van der Waals surface area contributed by atoms with Crippen LogP contribution in [0.4, 0.5) is 0 Å². The minimum atomic E-state index is 0. The second-order valence-electron chi connectivity index (χ2n) is 10.1. The first-order valence-corrected chi connectivity index (χ1v) is 11.2. The van der Waals surface area contributed by atoms with E-state index in [1.807, 2.05) is 18.5 Å². The largest absolute Gasteiger partial charge is 0.312 e. The van der Waals surface area contributed by atoms with Crippen molar-refractivity contribution in [3.63, 3.8) is 0 Å². The fourth-order valence-corrected chi connectivity index (χ4v) is 6.21. The number of aryl methyl sites for hydroxylation is 1. The number of pyridine rings is 1. The summed E-state index contributed by atoms with van der Waals surface area (Å²) in [6.07, 6.45) is 10.4. The Hall–Kier alpha value is -1.38. The molecule has 158 valence electrons. The normalized spacial score (nSPS) is 28.4. The van der Waals surface area contributed by atoms with Crippen molar-refractivity contribution in [2.75, 3.05) is 6.54 Å². The number of nitrogens with one attached hydrogen (secondary N) is 1. The molecule has 0 radical (unpaired) electrons. The standard InChI is InChI=1S/C26H36N2.ClH/c1-19(2)21-8-10-23-22(15-21)9-11-24-25(3,12-6-13-26(23,24)4)18-28-17-20-7-5-14-27-16-20;/h5,7-8,10,14-16,19,24,28H,6,9,11-13,17-18H2,1-4H3;1H. The summed E-state index contributed by atoms with van der Waals surface area (Å²) in [5, 5.41) is 3.77. The zero-order valence-corrected chi connectivity index (χ0v) is 19.3. The van der Waals surface area contributed by atoms with Crippen LogP contribution in [0.3, 0.4) is 0 Å². The number of aromatic nitrogens is 1. The third kappa shape index (κ3) is 4.25. The molecule has 1 saturated carbocycles. The monoisotopic (exact) mass is 412 g/mol. The highest BCUT2D eigenvalue weighted by atomic mass is 35.5. The number of benzene rings is 1. The molecule has 1 fully saturated rings. The molecule has 1 heterocycles. The number of hydrogen-bond acceptors (Lipinski definition) is 2. The summed E-state index contributed by atoms with van der Waals surface area (Å²) >= 11 is 0. The lowest BCUT2D eigenvalue weighted by Gasteiger charge is -2.55. The molecule has 29 heavy (non-hydrogen) atoms. The molecule has 0 aliphatic heterocycles. The summed E-state index contributed by atoms with van der Waals surface area (Å²) in [7, 11) is 0. The minimum absolute atomic E-state index is 0. The van der Waals surface area contributed by atoms with Gasteiger partial charge in [0.2, 0.25) is 0 Å². The van der Waals surface area contributed by atoms with Crippen LogP contribution in [0.1, 0.15) is 81.5 Å². The molecule has 4 rings (SSSR count). The van der Waals surface area contributed by atoms with E-state index >= 15 is 0 Å². The van der Waals surface area contributed by atoms with E-state index in [1.54, 1.807) is 11.1 Å². The maximum absolute atomic E-state index is 4.25. The van der Waals surface area contributed by atoms with Crippen molar-refractivity contribution in [3.8, 4) is 0 Å². The molecule has 2 aliphatic carbocycles. The van der Waals surface area contributed by atoms with E-state index in [2.05, 4.69) is 62.3 Å². The SMILES string of the molecule is CC(C)c1ccc2c(c1)CCC1C(C)(CNCc3cccnc3)CCCC21C.Cl. The molecule has 1 aromatic heterocycles. The van der Waals surface area contributed by atoms with Crippen LogP contribution < -0.4 is 5.32 Å². The van der Waals surface area contributed by atoms with Crippen molar-refractivity contribution < 1.29 is 0 Å². The highest BCUT2D eigenvalue weighted by Gasteiger charge is 2.51. The molecule has 0 saturated heterocycles. The summed E-state index contributed by atoms with van der Waals surface area (Å²) in [4.78, 5) is 4.25. The van der Waals surface area contributed by atoms with Gasteiger partial charge in [-0.3, -0.25) is 4.98 Å². The molecule has 1 aromatic carbocycles. The third-order valence-corrected chi connectivity index (χ3v) is 7.75. The molecule has 2 aromatic rings. The minimum Gasteiger partial charge on any atom is -0.312 e. The zero-order chi connectivity index (χ0) is 19.8. The summed E-state index contributed by atoms with van der Waals surface area (Å²) in [6.45, 7) is 11.7. The van der Waals surface area contributed by atoms with Gasteiger partial charge in [0.1, 0.15) is 0 Å². The summed E-state index contributed by atoms with van der Waals surface area (Å²) < 4.78 is 0. The van der Waals surface area contributed by atoms with E-state index in [0.717, 1.165) is 19.0 Å². The summed E-state index contributed by atoms with van der Waals surface area (Å²) in [6, 6.07) is 11.6. The van der Waals surface area contributed by atoms with Crippen LogP contribution in [0.2, 0.25) is 0 Å². The first-order valence-electron chi connectivity index (χ1n) is 11.2. The van der Waals surface area contributed by atoms with Gasteiger partial charge in [-0.1, -0.05) is 58.4 Å². The van der Waals surface area contributed by atoms with E-state index in [9.17, 15) is 0 Å². The number of rotatable bonds is 5.